The zero-order valence-corrected chi connectivity index (χ0v) is 15.2. The minimum absolute atomic E-state index is 0.381. The van der Waals surface area contributed by atoms with Gasteiger partial charge in [-0.1, -0.05) is 78.3 Å². The molecule has 1 aliphatic carbocycles. The molecule has 1 atom stereocenters. The van der Waals surface area contributed by atoms with Crippen molar-refractivity contribution in [3.05, 3.63) is 42.0 Å². The average Bonchev–Trinajstić information content (AvgIpc) is 2.57. The molecule has 2 rings (SSSR count). The summed E-state index contributed by atoms with van der Waals surface area (Å²) in [7, 11) is 1.89. The van der Waals surface area contributed by atoms with E-state index in [-0.39, 0.29) is 0 Å². The van der Waals surface area contributed by atoms with Gasteiger partial charge in [0.05, 0.1) is 6.10 Å². The summed E-state index contributed by atoms with van der Waals surface area (Å²) in [6, 6.07) is 10.8. The maximum Gasteiger partial charge on any atom is 0.0639 e. The van der Waals surface area contributed by atoms with Crippen molar-refractivity contribution < 1.29 is 4.74 Å². The minimum atomic E-state index is 0.381. The van der Waals surface area contributed by atoms with Gasteiger partial charge in [0.15, 0.2) is 0 Å². The smallest absolute Gasteiger partial charge is 0.0639 e. The Morgan fingerprint density at radius 2 is 1.95 bits per heavy atom. The van der Waals surface area contributed by atoms with Gasteiger partial charge < -0.3 is 4.74 Å². The quantitative estimate of drug-likeness (QED) is 0.412. The van der Waals surface area contributed by atoms with E-state index < -0.39 is 0 Å². The van der Waals surface area contributed by atoms with Crippen molar-refractivity contribution in [2.24, 2.45) is 5.92 Å². The van der Waals surface area contributed by atoms with Crippen LogP contribution in [0.15, 0.2) is 36.4 Å². The molecule has 2 heteroatoms. The molecule has 1 fully saturated rings. The second-order valence-electron chi connectivity index (χ2n) is 5.95. The van der Waals surface area contributed by atoms with Gasteiger partial charge in [0.1, 0.15) is 0 Å². The Kier molecular flexibility index (Phi) is 7.80. The molecule has 1 aromatic rings. The highest BCUT2D eigenvalue weighted by Gasteiger charge is 2.24. The van der Waals surface area contributed by atoms with E-state index in [1.807, 2.05) is 7.11 Å². The maximum atomic E-state index is 5.88. The van der Waals surface area contributed by atoms with Crippen molar-refractivity contribution in [3.8, 4) is 0 Å². The second kappa shape index (κ2) is 9.62. The van der Waals surface area contributed by atoms with Gasteiger partial charge in [0.25, 0.3) is 0 Å². The molecule has 1 unspecified atom stereocenters. The largest absolute Gasteiger partial charge is 0.381 e. The minimum Gasteiger partial charge on any atom is -0.381 e. The van der Waals surface area contributed by atoms with Gasteiger partial charge in [-0.15, -0.1) is 0 Å². The predicted octanol–water partition coefficient (Wildman–Crippen LogP) is 5.88. The zero-order chi connectivity index (χ0) is 14.9. The Bertz CT molecular complexity index is 420. The fraction of sp³-hybridized carbons (Fsp3) is 0.579. The van der Waals surface area contributed by atoms with Gasteiger partial charge in [-0.2, -0.15) is 0 Å². The summed E-state index contributed by atoms with van der Waals surface area (Å²) in [6.07, 6.45) is 11.8. The molecule has 0 aliphatic heterocycles. The van der Waals surface area contributed by atoms with Crippen LogP contribution in [-0.4, -0.2) is 17.6 Å². The molecule has 0 N–H and O–H groups in total. The Morgan fingerprint density at radius 1 is 1.24 bits per heavy atom. The fourth-order valence-electron chi connectivity index (χ4n) is 3.37. The van der Waals surface area contributed by atoms with Gasteiger partial charge >= 0.3 is 0 Å². The molecule has 1 aliphatic rings. The number of rotatable bonds is 7. The molecule has 1 nitrogen and oxygen atoms in total. The van der Waals surface area contributed by atoms with E-state index in [9.17, 15) is 0 Å². The summed E-state index contributed by atoms with van der Waals surface area (Å²) in [5.41, 5.74) is 2.82. The molecular weight excluding hydrogens is 371 g/mol. The van der Waals surface area contributed by atoms with Crippen molar-refractivity contribution >= 4 is 28.2 Å². The molecule has 0 spiro atoms. The standard InChI is InChI=1S/C19H27IO/c1-21-19(17-11-6-3-7-12-17)15-18(13-8-14-20)16-9-4-2-5-10-16/h2,4-5,9-10,13,17,19H,3,6-8,11-12,14-15H2,1H3/b18-13-. The number of ether oxygens (including phenoxy) is 1. The Morgan fingerprint density at radius 3 is 2.57 bits per heavy atom. The lowest BCUT2D eigenvalue weighted by Crippen LogP contribution is -2.25. The molecule has 0 aromatic heterocycles. The summed E-state index contributed by atoms with van der Waals surface area (Å²) in [4.78, 5) is 0. The molecule has 0 heterocycles. The lowest BCUT2D eigenvalue weighted by Gasteiger charge is -2.30. The molecule has 1 aromatic carbocycles. The third kappa shape index (κ3) is 5.41. The molecule has 116 valence electrons. The monoisotopic (exact) mass is 398 g/mol. The van der Waals surface area contributed by atoms with Gasteiger partial charge in [-0.25, -0.2) is 0 Å². The fourth-order valence-corrected chi connectivity index (χ4v) is 3.68. The van der Waals surface area contributed by atoms with Crippen molar-refractivity contribution in [1.82, 2.24) is 0 Å². The lowest BCUT2D eigenvalue weighted by molar-refractivity contribution is 0.0405. The van der Waals surface area contributed by atoms with Gasteiger partial charge in [0.2, 0.25) is 0 Å². The summed E-state index contributed by atoms with van der Waals surface area (Å²) < 4.78 is 7.05. The van der Waals surface area contributed by atoms with E-state index in [1.54, 1.807) is 0 Å². The molecule has 0 amide bonds. The van der Waals surface area contributed by atoms with Crippen LogP contribution in [0.25, 0.3) is 5.57 Å². The van der Waals surface area contributed by atoms with Crippen molar-refractivity contribution in [2.75, 3.05) is 11.5 Å². The Hall–Kier alpha value is -0.350. The van der Waals surface area contributed by atoms with E-state index in [0.29, 0.717) is 6.10 Å². The highest BCUT2D eigenvalue weighted by molar-refractivity contribution is 14.1. The highest BCUT2D eigenvalue weighted by atomic mass is 127. The molecule has 1 saturated carbocycles. The topological polar surface area (TPSA) is 9.23 Å². The summed E-state index contributed by atoms with van der Waals surface area (Å²) >= 11 is 2.45. The Labute approximate surface area is 143 Å². The van der Waals surface area contributed by atoms with Crippen molar-refractivity contribution in [2.45, 2.75) is 51.0 Å². The van der Waals surface area contributed by atoms with Gasteiger partial charge in [0, 0.05) is 11.5 Å². The number of halogens is 1. The van der Waals surface area contributed by atoms with E-state index in [2.05, 4.69) is 59.0 Å². The molecular formula is C19H27IO. The van der Waals surface area contributed by atoms with Crippen LogP contribution in [0.4, 0.5) is 0 Å². The number of methoxy groups -OCH3 is 1. The van der Waals surface area contributed by atoms with Gasteiger partial charge in [-0.3, -0.25) is 0 Å². The van der Waals surface area contributed by atoms with Crippen LogP contribution in [0.3, 0.4) is 0 Å². The molecule has 0 radical (unpaired) electrons. The van der Waals surface area contributed by atoms with E-state index in [1.165, 1.54) is 47.7 Å². The Balaban J connectivity index is 2.09. The van der Waals surface area contributed by atoms with Crippen molar-refractivity contribution in [3.63, 3.8) is 0 Å². The predicted molar refractivity (Wildman–Crippen MR) is 99.9 cm³/mol. The highest BCUT2D eigenvalue weighted by Crippen LogP contribution is 2.33. The first kappa shape index (κ1) is 17.0. The first-order valence-corrected chi connectivity index (χ1v) is 9.71. The average molecular weight is 398 g/mol. The molecule has 21 heavy (non-hydrogen) atoms. The molecule has 0 bridgehead atoms. The second-order valence-corrected chi connectivity index (χ2v) is 7.03. The summed E-state index contributed by atoms with van der Waals surface area (Å²) in [5.74, 6) is 0.746. The van der Waals surface area contributed by atoms with Crippen LogP contribution < -0.4 is 0 Å². The van der Waals surface area contributed by atoms with Crippen LogP contribution in [0.5, 0.6) is 0 Å². The van der Waals surface area contributed by atoms with E-state index in [4.69, 9.17) is 4.74 Å². The van der Waals surface area contributed by atoms with Crippen LogP contribution in [-0.2, 0) is 4.74 Å². The third-order valence-electron chi connectivity index (χ3n) is 4.54. The number of alkyl halides is 1. The number of hydrogen-bond acceptors (Lipinski definition) is 1. The summed E-state index contributed by atoms with van der Waals surface area (Å²) in [6.45, 7) is 0. The maximum absolute atomic E-state index is 5.88. The summed E-state index contributed by atoms with van der Waals surface area (Å²) in [5, 5.41) is 0. The SMILES string of the molecule is COC(C/C(=C/CCI)c1ccccc1)C1CCCCC1. The van der Waals surface area contributed by atoms with Crippen LogP contribution in [0, 0.1) is 5.92 Å². The number of benzene rings is 1. The van der Waals surface area contributed by atoms with Gasteiger partial charge in [-0.05, 0) is 42.7 Å². The first-order chi connectivity index (χ1) is 10.3. The number of allylic oxidation sites excluding steroid dienone is 1. The third-order valence-corrected chi connectivity index (χ3v) is 5.17. The number of hydrogen-bond donors (Lipinski definition) is 0. The normalized spacial score (nSPS) is 18.7. The van der Waals surface area contributed by atoms with E-state index in [0.717, 1.165) is 18.8 Å². The van der Waals surface area contributed by atoms with Crippen LogP contribution in [0.2, 0.25) is 0 Å². The van der Waals surface area contributed by atoms with Crippen molar-refractivity contribution in [1.29, 1.82) is 0 Å². The lowest BCUT2D eigenvalue weighted by atomic mass is 9.82. The zero-order valence-electron chi connectivity index (χ0n) is 13.1. The first-order valence-electron chi connectivity index (χ1n) is 8.18. The van der Waals surface area contributed by atoms with Crippen LogP contribution >= 0.6 is 22.6 Å². The van der Waals surface area contributed by atoms with E-state index >= 15 is 0 Å². The molecule has 0 saturated heterocycles. The van der Waals surface area contributed by atoms with Crippen LogP contribution in [0.1, 0.15) is 50.5 Å².